The van der Waals surface area contributed by atoms with Gasteiger partial charge >= 0.3 is 0 Å². The molecular formula is C15H19FO2. The van der Waals surface area contributed by atoms with Gasteiger partial charge in [0.2, 0.25) is 0 Å². The lowest BCUT2D eigenvalue weighted by molar-refractivity contribution is 0.231. The second-order valence-electron chi connectivity index (χ2n) is 4.10. The number of rotatable bonds is 5. The van der Waals surface area contributed by atoms with Crippen molar-refractivity contribution >= 4 is 0 Å². The molecule has 0 aromatic heterocycles. The van der Waals surface area contributed by atoms with Gasteiger partial charge in [-0.2, -0.15) is 0 Å². The molecule has 1 rings (SSSR count). The van der Waals surface area contributed by atoms with Crippen LogP contribution in [-0.2, 0) is 0 Å². The first-order chi connectivity index (χ1) is 8.71. The van der Waals surface area contributed by atoms with Crippen LogP contribution in [0.5, 0.6) is 5.75 Å². The minimum absolute atomic E-state index is 0.207. The number of benzene rings is 1. The highest BCUT2D eigenvalue weighted by Gasteiger charge is 2.08. The Bertz CT molecular complexity index is 428. The van der Waals surface area contributed by atoms with Gasteiger partial charge < -0.3 is 9.84 Å². The summed E-state index contributed by atoms with van der Waals surface area (Å²) in [6.45, 7) is 4.50. The molecule has 1 aromatic rings. The standard InChI is InChI=1S/C15H19FO2/c1-3-12(4-2)11-18-15-10-13(6-5-9-17)7-8-14(15)16/h7-8,10,12,17H,3-4,9,11H2,1-2H3. The van der Waals surface area contributed by atoms with E-state index >= 15 is 0 Å². The van der Waals surface area contributed by atoms with Gasteiger partial charge in [0, 0.05) is 5.56 Å². The van der Waals surface area contributed by atoms with E-state index in [4.69, 9.17) is 9.84 Å². The Kier molecular flexibility index (Phi) is 6.24. The SMILES string of the molecule is CCC(CC)COc1cc(C#CCO)ccc1F. The predicted molar refractivity (Wildman–Crippen MR) is 69.9 cm³/mol. The van der Waals surface area contributed by atoms with Gasteiger partial charge in [-0.25, -0.2) is 4.39 Å². The summed E-state index contributed by atoms with van der Waals surface area (Å²) < 4.78 is 19.0. The third-order valence-corrected chi connectivity index (χ3v) is 2.87. The van der Waals surface area contributed by atoms with Crippen LogP contribution in [0.3, 0.4) is 0 Å². The van der Waals surface area contributed by atoms with E-state index < -0.39 is 0 Å². The van der Waals surface area contributed by atoms with Crippen molar-refractivity contribution in [1.82, 2.24) is 0 Å². The van der Waals surface area contributed by atoms with Crippen LogP contribution in [0.1, 0.15) is 32.3 Å². The van der Waals surface area contributed by atoms with Crippen LogP contribution in [0.4, 0.5) is 4.39 Å². The van der Waals surface area contributed by atoms with Gasteiger partial charge in [-0.05, 0) is 24.1 Å². The van der Waals surface area contributed by atoms with Crippen molar-refractivity contribution in [2.45, 2.75) is 26.7 Å². The van der Waals surface area contributed by atoms with Crippen molar-refractivity contribution in [3.05, 3.63) is 29.6 Å². The molecule has 0 aliphatic rings. The molecule has 0 heterocycles. The highest BCUT2D eigenvalue weighted by atomic mass is 19.1. The predicted octanol–water partition coefficient (Wildman–Crippen LogP) is 2.98. The van der Waals surface area contributed by atoms with Gasteiger partial charge in [-0.3, -0.25) is 0 Å². The molecule has 2 nitrogen and oxygen atoms in total. The van der Waals surface area contributed by atoms with Gasteiger partial charge in [0.05, 0.1) is 6.61 Å². The van der Waals surface area contributed by atoms with Crippen LogP contribution in [0.25, 0.3) is 0 Å². The summed E-state index contributed by atoms with van der Waals surface area (Å²) in [7, 11) is 0. The highest BCUT2D eigenvalue weighted by Crippen LogP contribution is 2.20. The fourth-order valence-corrected chi connectivity index (χ4v) is 1.57. The Balaban J connectivity index is 2.74. The summed E-state index contributed by atoms with van der Waals surface area (Å²) in [4.78, 5) is 0. The number of hydrogen-bond acceptors (Lipinski definition) is 2. The van der Waals surface area contributed by atoms with Crippen LogP contribution in [0.2, 0.25) is 0 Å². The van der Waals surface area contributed by atoms with Crippen LogP contribution in [-0.4, -0.2) is 18.3 Å². The summed E-state index contributed by atoms with van der Waals surface area (Å²) >= 11 is 0. The molecule has 3 heteroatoms. The summed E-state index contributed by atoms with van der Waals surface area (Å²) in [6, 6.07) is 4.48. The van der Waals surface area contributed by atoms with E-state index in [1.807, 2.05) is 0 Å². The maximum absolute atomic E-state index is 13.5. The normalized spacial score (nSPS) is 10.1. The van der Waals surface area contributed by atoms with Gasteiger partial charge in [-0.15, -0.1) is 0 Å². The zero-order valence-electron chi connectivity index (χ0n) is 10.9. The monoisotopic (exact) mass is 250 g/mol. The summed E-state index contributed by atoms with van der Waals surface area (Å²) in [5.41, 5.74) is 0.644. The number of aliphatic hydroxyl groups excluding tert-OH is 1. The molecule has 0 bridgehead atoms. The Labute approximate surface area is 108 Å². The van der Waals surface area contributed by atoms with Crippen molar-refractivity contribution in [2.24, 2.45) is 5.92 Å². The van der Waals surface area contributed by atoms with Gasteiger partial charge in [-0.1, -0.05) is 38.5 Å². The molecule has 0 radical (unpaired) electrons. The van der Waals surface area contributed by atoms with Crippen LogP contribution >= 0.6 is 0 Å². The van der Waals surface area contributed by atoms with E-state index in [9.17, 15) is 4.39 Å². The van der Waals surface area contributed by atoms with E-state index in [0.29, 0.717) is 18.1 Å². The second-order valence-corrected chi connectivity index (χ2v) is 4.10. The minimum atomic E-state index is -0.379. The third-order valence-electron chi connectivity index (χ3n) is 2.87. The molecule has 0 amide bonds. The number of halogens is 1. The molecule has 0 atom stereocenters. The number of hydrogen-bond donors (Lipinski definition) is 1. The lowest BCUT2D eigenvalue weighted by atomic mass is 10.1. The molecule has 0 unspecified atom stereocenters. The third kappa shape index (κ3) is 4.38. The first kappa shape index (κ1) is 14.5. The molecule has 0 saturated heterocycles. The average molecular weight is 250 g/mol. The Morgan fingerprint density at radius 1 is 1.33 bits per heavy atom. The first-order valence-electron chi connectivity index (χ1n) is 6.23. The summed E-state index contributed by atoms with van der Waals surface area (Å²) in [6.07, 6.45) is 2.03. The van der Waals surface area contributed by atoms with E-state index in [0.717, 1.165) is 12.8 Å². The highest BCUT2D eigenvalue weighted by molar-refractivity contribution is 5.40. The lowest BCUT2D eigenvalue weighted by Gasteiger charge is -2.14. The van der Waals surface area contributed by atoms with E-state index in [1.54, 1.807) is 12.1 Å². The second kappa shape index (κ2) is 7.73. The van der Waals surface area contributed by atoms with Crippen molar-refractivity contribution in [2.75, 3.05) is 13.2 Å². The molecule has 0 saturated carbocycles. The van der Waals surface area contributed by atoms with Crippen molar-refractivity contribution < 1.29 is 14.2 Å². The van der Waals surface area contributed by atoms with Gasteiger partial charge in [0.15, 0.2) is 11.6 Å². The van der Waals surface area contributed by atoms with E-state index in [1.165, 1.54) is 6.07 Å². The van der Waals surface area contributed by atoms with Crippen molar-refractivity contribution in [1.29, 1.82) is 0 Å². The molecule has 0 fully saturated rings. The summed E-state index contributed by atoms with van der Waals surface area (Å²) in [5.74, 6) is 5.55. The van der Waals surface area contributed by atoms with Crippen LogP contribution < -0.4 is 4.74 Å². The fraction of sp³-hybridized carbons (Fsp3) is 0.467. The maximum atomic E-state index is 13.5. The minimum Gasteiger partial charge on any atom is -0.490 e. The molecule has 1 N–H and O–H groups in total. The molecule has 18 heavy (non-hydrogen) atoms. The van der Waals surface area contributed by atoms with Crippen molar-refractivity contribution in [3.8, 4) is 17.6 Å². The molecule has 98 valence electrons. The Morgan fingerprint density at radius 2 is 2.06 bits per heavy atom. The zero-order chi connectivity index (χ0) is 13.4. The maximum Gasteiger partial charge on any atom is 0.165 e. The Hall–Kier alpha value is -1.53. The lowest BCUT2D eigenvalue weighted by Crippen LogP contribution is -2.10. The van der Waals surface area contributed by atoms with Gasteiger partial charge in [0.1, 0.15) is 6.61 Å². The van der Waals surface area contributed by atoms with Gasteiger partial charge in [0.25, 0.3) is 0 Å². The molecule has 0 aliphatic heterocycles. The topological polar surface area (TPSA) is 29.5 Å². The fourth-order valence-electron chi connectivity index (χ4n) is 1.57. The smallest absolute Gasteiger partial charge is 0.165 e. The van der Waals surface area contributed by atoms with E-state index in [-0.39, 0.29) is 18.2 Å². The van der Waals surface area contributed by atoms with Crippen molar-refractivity contribution in [3.63, 3.8) is 0 Å². The summed E-state index contributed by atoms with van der Waals surface area (Å²) in [5, 5.41) is 8.61. The van der Waals surface area contributed by atoms with Crippen LogP contribution in [0, 0.1) is 23.6 Å². The molecule has 0 aliphatic carbocycles. The van der Waals surface area contributed by atoms with E-state index in [2.05, 4.69) is 25.7 Å². The quantitative estimate of drug-likeness (QED) is 0.814. The molecular weight excluding hydrogens is 231 g/mol. The average Bonchev–Trinajstić information content (AvgIpc) is 2.40. The molecule has 0 spiro atoms. The zero-order valence-corrected chi connectivity index (χ0v) is 10.9. The Morgan fingerprint density at radius 3 is 2.67 bits per heavy atom. The van der Waals surface area contributed by atoms with Crippen LogP contribution in [0.15, 0.2) is 18.2 Å². The largest absolute Gasteiger partial charge is 0.490 e. The number of ether oxygens (including phenoxy) is 1. The first-order valence-corrected chi connectivity index (χ1v) is 6.23. The number of aliphatic hydroxyl groups is 1. The molecule has 1 aromatic carbocycles.